The van der Waals surface area contributed by atoms with E-state index in [0.717, 1.165) is 5.39 Å². The maximum Gasteiger partial charge on any atom is 0.289 e. The van der Waals surface area contributed by atoms with Crippen molar-refractivity contribution >= 4 is 28.5 Å². The normalized spacial score (nSPS) is 10.5. The number of amides is 2. The first-order valence-electron chi connectivity index (χ1n) is 7.75. The Hall–Kier alpha value is -3.28. The van der Waals surface area contributed by atoms with Crippen LogP contribution in [0, 0.1) is 0 Å². The quantitative estimate of drug-likeness (QED) is 0.776. The molecule has 0 spiro atoms. The third kappa shape index (κ3) is 3.80. The van der Waals surface area contributed by atoms with E-state index in [9.17, 15) is 9.59 Å². The molecule has 25 heavy (non-hydrogen) atoms. The van der Waals surface area contributed by atoms with E-state index in [4.69, 9.17) is 9.15 Å². The fourth-order valence-corrected chi connectivity index (χ4v) is 2.46. The lowest BCUT2D eigenvalue weighted by atomic mass is 10.2. The second kappa shape index (κ2) is 7.09. The molecule has 2 amide bonds. The van der Waals surface area contributed by atoms with Gasteiger partial charge in [0.25, 0.3) is 5.91 Å². The van der Waals surface area contributed by atoms with Crippen LogP contribution in [0.15, 0.2) is 59.0 Å². The molecule has 0 saturated carbocycles. The minimum absolute atomic E-state index is 0.0902. The van der Waals surface area contributed by atoms with Crippen LogP contribution in [-0.2, 0) is 4.79 Å². The number of nitrogens with one attached hydrogen (secondary N) is 1. The number of ether oxygens (including phenoxy) is 1. The number of benzene rings is 2. The first-order chi connectivity index (χ1) is 12.1. The van der Waals surface area contributed by atoms with Crippen LogP contribution in [0.3, 0.4) is 0 Å². The standard InChI is InChI=1S/C19H18N2O4/c1-21(12-18(22)20-14-7-5-8-15(11-14)24-2)19(23)17-10-13-6-3-4-9-16(13)25-17/h3-11H,12H2,1-2H3,(H,20,22). The number of hydrogen-bond donors (Lipinski definition) is 1. The average molecular weight is 338 g/mol. The molecule has 0 aliphatic rings. The van der Waals surface area contributed by atoms with Crippen LogP contribution in [0.5, 0.6) is 5.75 Å². The molecule has 0 aliphatic heterocycles. The Labute approximate surface area is 145 Å². The molecule has 0 atom stereocenters. The van der Waals surface area contributed by atoms with Crippen LogP contribution in [0.25, 0.3) is 11.0 Å². The summed E-state index contributed by atoms with van der Waals surface area (Å²) in [6.07, 6.45) is 0. The summed E-state index contributed by atoms with van der Waals surface area (Å²) in [4.78, 5) is 25.9. The molecule has 0 unspecified atom stereocenters. The molecule has 0 radical (unpaired) electrons. The van der Waals surface area contributed by atoms with Crippen molar-refractivity contribution in [3.8, 4) is 5.75 Å². The first kappa shape index (κ1) is 16.6. The molecule has 0 aliphatic carbocycles. The Balaban J connectivity index is 1.65. The largest absolute Gasteiger partial charge is 0.497 e. The smallest absolute Gasteiger partial charge is 0.289 e. The van der Waals surface area contributed by atoms with E-state index in [0.29, 0.717) is 17.0 Å². The lowest BCUT2D eigenvalue weighted by Crippen LogP contribution is -2.34. The van der Waals surface area contributed by atoms with Crippen LogP contribution in [-0.4, -0.2) is 37.4 Å². The van der Waals surface area contributed by atoms with Crippen molar-refractivity contribution in [3.63, 3.8) is 0 Å². The van der Waals surface area contributed by atoms with E-state index in [1.807, 2.05) is 18.2 Å². The number of para-hydroxylation sites is 1. The zero-order valence-corrected chi connectivity index (χ0v) is 14.0. The van der Waals surface area contributed by atoms with Crippen molar-refractivity contribution in [1.82, 2.24) is 4.90 Å². The molecule has 1 aromatic heterocycles. The minimum atomic E-state index is -0.350. The van der Waals surface area contributed by atoms with Gasteiger partial charge in [0.2, 0.25) is 5.91 Å². The summed E-state index contributed by atoms with van der Waals surface area (Å²) in [7, 11) is 3.11. The highest BCUT2D eigenvalue weighted by Gasteiger charge is 2.19. The third-order valence-corrected chi connectivity index (χ3v) is 3.72. The average Bonchev–Trinajstić information content (AvgIpc) is 3.05. The number of rotatable bonds is 5. The fraction of sp³-hybridized carbons (Fsp3) is 0.158. The zero-order chi connectivity index (χ0) is 17.8. The summed E-state index contributed by atoms with van der Waals surface area (Å²) in [5, 5.41) is 3.58. The van der Waals surface area contributed by atoms with E-state index in [-0.39, 0.29) is 24.1 Å². The molecule has 128 valence electrons. The highest BCUT2D eigenvalue weighted by molar-refractivity contribution is 6.00. The fourth-order valence-electron chi connectivity index (χ4n) is 2.46. The van der Waals surface area contributed by atoms with Crippen LogP contribution < -0.4 is 10.1 Å². The van der Waals surface area contributed by atoms with Crippen molar-refractivity contribution in [2.75, 3.05) is 26.0 Å². The molecule has 3 rings (SSSR count). The Morgan fingerprint density at radius 3 is 2.68 bits per heavy atom. The summed E-state index contributed by atoms with van der Waals surface area (Å²) in [6.45, 7) is -0.0902. The van der Waals surface area contributed by atoms with Crippen molar-refractivity contribution in [1.29, 1.82) is 0 Å². The van der Waals surface area contributed by atoms with Gasteiger partial charge in [-0.25, -0.2) is 0 Å². The van der Waals surface area contributed by atoms with Gasteiger partial charge in [-0.2, -0.15) is 0 Å². The number of anilines is 1. The van der Waals surface area contributed by atoms with Crippen LogP contribution >= 0.6 is 0 Å². The number of furan rings is 1. The van der Waals surface area contributed by atoms with Gasteiger partial charge in [-0.05, 0) is 24.3 Å². The molecule has 0 bridgehead atoms. The maximum atomic E-state index is 12.4. The van der Waals surface area contributed by atoms with E-state index in [1.54, 1.807) is 50.6 Å². The number of hydrogen-bond acceptors (Lipinski definition) is 4. The first-order valence-corrected chi connectivity index (χ1v) is 7.75. The Morgan fingerprint density at radius 2 is 1.92 bits per heavy atom. The summed E-state index contributed by atoms with van der Waals surface area (Å²) in [5.41, 5.74) is 1.24. The predicted molar refractivity (Wildman–Crippen MR) is 94.8 cm³/mol. The zero-order valence-electron chi connectivity index (χ0n) is 14.0. The Kier molecular flexibility index (Phi) is 4.70. The molecule has 0 fully saturated rings. The maximum absolute atomic E-state index is 12.4. The van der Waals surface area contributed by atoms with Gasteiger partial charge in [0, 0.05) is 24.2 Å². The highest BCUT2D eigenvalue weighted by atomic mass is 16.5. The topological polar surface area (TPSA) is 71.8 Å². The molecule has 6 heteroatoms. The van der Waals surface area contributed by atoms with Gasteiger partial charge in [-0.3, -0.25) is 9.59 Å². The van der Waals surface area contributed by atoms with Gasteiger partial charge in [0.15, 0.2) is 5.76 Å². The van der Waals surface area contributed by atoms with E-state index < -0.39 is 0 Å². The van der Waals surface area contributed by atoms with Crippen LogP contribution in [0.2, 0.25) is 0 Å². The molecule has 2 aromatic carbocycles. The van der Waals surface area contributed by atoms with Gasteiger partial charge in [-0.1, -0.05) is 24.3 Å². The van der Waals surface area contributed by atoms with Gasteiger partial charge in [0.1, 0.15) is 11.3 Å². The van der Waals surface area contributed by atoms with E-state index >= 15 is 0 Å². The molecule has 0 saturated heterocycles. The molecular formula is C19H18N2O4. The third-order valence-electron chi connectivity index (χ3n) is 3.72. The van der Waals surface area contributed by atoms with E-state index in [1.165, 1.54) is 4.90 Å². The van der Waals surface area contributed by atoms with Crippen molar-refractivity contribution in [2.45, 2.75) is 0 Å². The van der Waals surface area contributed by atoms with Gasteiger partial charge in [0.05, 0.1) is 13.7 Å². The van der Waals surface area contributed by atoms with Crippen LogP contribution in [0.4, 0.5) is 5.69 Å². The summed E-state index contributed by atoms with van der Waals surface area (Å²) in [6, 6.07) is 16.1. The second-order valence-electron chi connectivity index (χ2n) is 5.59. The predicted octanol–water partition coefficient (Wildman–Crippen LogP) is 3.15. The molecular weight excluding hydrogens is 320 g/mol. The Bertz CT molecular complexity index is 883. The monoisotopic (exact) mass is 338 g/mol. The summed E-state index contributed by atoms with van der Waals surface area (Å²) >= 11 is 0. The molecule has 1 heterocycles. The van der Waals surface area contributed by atoms with Crippen molar-refractivity contribution in [2.24, 2.45) is 0 Å². The van der Waals surface area contributed by atoms with Gasteiger partial charge < -0.3 is 19.4 Å². The SMILES string of the molecule is COc1cccc(NC(=O)CN(C)C(=O)c2cc3ccccc3o2)c1. The van der Waals surface area contributed by atoms with Gasteiger partial charge >= 0.3 is 0 Å². The number of likely N-dealkylation sites (N-methyl/N-ethyl adjacent to an activating group) is 1. The van der Waals surface area contributed by atoms with Crippen molar-refractivity contribution in [3.05, 3.63) is 60.4 Å². The second-order valence-corrected chi connectivity index (χ2v) is 5.59. The van der Waals surface area contributed by atoms with Gasteiger partial charge in [-0.15, -0.1) is 0 Å². The number of carbonyl (C=O) groups is 2. The number of carbonyl (C=O) groups excluding carboxylic acids is 2. The lowest BCUT2D eigenvalue weighted by molar-refractivity contribution is -0.116. The highest BCUT2D eigenvalue weighted by Crippen LogP contribution is 2.20. The molecule has 6 nitrogen and oxygen atoms in total. The number of methoxy groups -OCH3 is 1. The molecule has 1 N–H and O–H groups in total. The van der Waals surface area contributed by atoms with Crippen LogP contribution in [0.1, 0.15) is 10.6 Å². The van der Waals surface area contributed by atoms with E-state index in [2.05, 4.69) is 5.32 Å². The summed E-state index contributed by atoms with van der Waals surface area (Å²) < 4.78 is 10.7. The molecule has 3 aromatic rings. The summed E-state index contributed by atoms with van der Waals surface area (Å²) in [5.74, 6) is 0.194. The number of fused-ring (bicyclic) bond motifs is 1. The number of nitrogens with zero attached hydrogens (tertiary/aromatic N) is 1. The van der Waals surface area contributed by atoms with Crippen molar-refractivity contribution < 1.29 is 18.7 Å². The Morgan fingerprint density at radius 1 is 1.12 bits per heavy atom. The lowest BCUT2D eigenvalue weighted by Gasteiger charge is -2.15. The minimum Gasteiger partial charge on any atom is -0.497 e.